The molecule has 0 heterocycles. The average molecular weight is 574 g/mol. The van der Waals surface area contributed by atoms with Crippen molar-refractivity contribution in [1.82, 2.24) is 5.32 Å². The van der Waals surface area contributed by atoms with Crippen molar-refractivity contribution in [3.05, 3.63) is 89.0 Å². The monoisotopic (exact) mass is 573 g/mol. The lowest BCUT2D eigenvalue weighted by Crippen LogP contribution is -2.44. The number of amides is 1. The van der Waals surface area contributed by atoms with E-state index in [-0.39, 0.29) is 18.6 Å². The second kappa shape index (κ2) is 12.0. The highest BCUT2D eigenvalue weighted by atomic mass is 19.2. The Hall–Kier alpha value is -4.41. The zero-order chi connectivity index (χ0) is 29.9. The van der Waals surface area contributed by atoms with Crippen LogP contribution in [0.1, 0.15) is 50.7 Å². The van der Waals surface area contributed by atoms with Crippen LogP contribution in [0.3, 0.4) is 0 Å². The molecule has 1 aliphatic carbocycles. The molecule has 3 aromatic carbocycles. The molecule has 1 amide bonds. The normalized spacial score (nSPS) is 13.1. The molecule has 0 spiro atoms. The standard InChI is InChI=1S/C30H27F4NO6/c1-30(2,3)41-24(36)13-12-23(28(37)40-27-25(33)21(31)14-22(32)26(27)34)35-29(38)39-15-20-18-10-6-4-8-16(18)17-9-5-7-11-19(17)20/h4-11,14,20,23H,12-13,15H2,1-3H3,(H,35,38)/t23-/m0/s1. The molecule has 1 atom stereocenters. The predicted molar refractivity (Wildman–Crippen MR) is 139 cm³/mol. The van der Waals surface area contributed by atoms with Crippen LogP contribution in [0.4, 0.5) is 22.4 Å². The van der Waals surface area contributed by atoms with Crippen molar-refractivity contribution in [3.8, 4) is 16.9 Å². The first-order valence-electron chi connectivity index (χ1n) is 12.7. The van der Waals surface area contributed by atoms with E-state index in [4.69, 9.17) is 9.47 Å². The van der Waals surface area contributed by atoms with Gasteiger partial charge in [-0.3, -0.25) is 4.79 Å². The quantitative estimate of drug-likeness (QED) is 0.150. The first kappa shape index (κ1) is 29.6. The van der Waals surface area contributed by atoms with Gasteiger partial charge in [0.25, 0.3) is 0 Å². The maximum Gasteiger partial charge on any atom is 0.407 e. The van der Waals surface area contributed by atoms with Crippen molar-refractivity contribution in [2.75, 3.05) is 6.61 Å². The Morgan fingerprint density at radius 1 is 0.878 bits per heavy atom. The van der Waals surface area contributed by atoms with E-state index >= 15 is 0 Å². The number of nitrogens with one attached hydrogen (secondary N) is 1. The van der Waals surface area contributed by atoms with E-state index in [0.29, 0.717) is 0 Å². The summed E-state index contributed by atoms with van der Waals surface area (Å²) in [6.07, 6.45) is -1.94. The Morgan fingerprint density at radius 3 is 1.95 bits per heavy atom. The van der Waals surface area contributed by atoms with Gasteiger partial charge in [-0.15, -0.1) is 0 Å². The van der Waals surface area contributed by atoms with Crippen LogP contribution < -0.4 is 10.1 Å². The molecule has 7 nitrogen and oxygen atoms in total. The fraction of sp³-hybridized carbons (Fsp3) is 0.300. The molecular weight excluding hydrogens is 546 g/mol. The fourth-order valence-electron chi connectivity index (χ4n) is 4.50. The van der Waals surface area contributed by atoms with Crippen LogP contribution in [-0.2, 0) is 19.1 Å². The molecule has 41 heavy (non-hydrogen) atoms. The Kier molecular flexibility index (Phi) is 8.65. The summed E-state index contributed by atoms with van der Waals surface area (Å²) >= 11 is 0. The van der Waals surface area contributed by atoms with E-state index in [1.165, 1.54) is 0 Å². The summed E-state index contributed by atoms with van der Waals surface area (Å²) in [5.41, 5.74) is 2.99. The van der Waals surface area contributed by atoms with Crippen molar-refractivity contribution in [3.63, 3.8) is 0 Å². The lowest BCUT2D eigenvalue weighted by Gasteiger charge is -2.21. The van der Waals surface area contributed by atoms with E-state index in [1.807, 2.05) is 48.5 Å². The van der Waals surface area contributed by atoms with Gasteiger partial charge >= 0.3 is 18.0 Å². The minimum absolute atomic E-state index is 0.0447. The van der Waals surface area contributed by atoms with Gasteiger partial charge in [0.15, 0.2) is 11.6 Å². The number of halogens is 4. The summed E-state index contributed by atoms with van der Waals surface area (Å²) in [4.78, 5) is 37.8. The maximum atomic E-state index is 14.1. The SMILES string of the molecule is CC(C)(C)OC(=O)CC[C@H](NC(=O)OCC1c2ccccc2-c2ccccc21)C(=O)Oc1c(F)c(F)cc(F)c1F. The largest absolute Gasteiger partial charge is 0.460 e. The number of alkyl carbamates (subject to hydrolysis) is 1. The number of rotatable bonds is 8. The molecule has 0 aliphatic heterocycles. The number of hydrogen-bond acceptors (Lipinski definition) is 6. The van der Waals surface area contributed by atoms with Crippen molar-refractivity contribution >= 4 is 18.0 Å². The number of benzene rings is 3. The van der Waals surface area contributed by atoms with Gasteiger partial charge in [-0.25, -0.2) is 18.4 Å². The van der Waals surface area contributed by atoms with E-state index in [1.54, 1.807) is 20.8 Å². The molecule has 0 fully saturated rings. The summed E-state index contributed by atoms with van der Waals surface area (Å²) < 4.78 is 70.7. The number of hydrogen-bond donors (Lipinski definition) is 1. The molecule has 1 N–H and O–H groups in total. The minimum atomic E-state index is -1.94. The Morgan fingerprint density at radius 2 is 1.41 bits per heavy atom. The average Bonchev–Trinajstić information content (AvgIpc) is 3.23. The molecule has 0 aromatic heterocycles. The first-order chi connectivity index (χ1) is 19.4. The molecular formula is C30H27F4NO6. The third kappa shape index (κ3) is 6.85. The summed E-state index contributed by atoms with van der Waals surface area (Å²) in [5, 5.41) is 2.22. The summed E-state index contributed by atoms with van der Waals surface area (Å²) in [6, 6.07) is 13.5. The van der Waals surface area contributed by atoms with E-state index in [2.05, 4.69) is 10.1 Å². The number of esters is 2. The highest BCUT2D eigenvalue weighted by Gasteiger charge is 2.32. The van der Waals surface area contributed by atoms with Crippen LogP contribution >= 0.6 is 0 Å². The van der Waals surface area contributed by atoms with Gasteiger partial charge in [-0.2, -0.15) is 8.78 Å². The fourth-order valence-corrected chi connectivity index (χ4v) is 4.50. The molecule has 0 bridgehead atoms. The predicted octanol–water partition coefficient (Wildman–Crippen LogP) is 6.18. The smallest absolute Gasteiger partial charge is 0.407 e. The van der Waals surface area contributed by atoms with Crippen molar-refractivity contribution in [2.45, 2.75) is 51.2 Å². The zero-order valence-corrected chi connectivity index (χ0v) is 22.4. The van der Waals surface area contributed by atoms with Crippen LogP contribution in [0.25, 0.3) is 11.1 Å². The molecule has 1 aliphatic rings. The third-order valence-electron chi connectivity index (χ3n) is 6.25. The van der Waals surface area contributed by atoms with Gasteiger partial charge in [0, 0.05) is 18.4 Å². The third-order valence-corrected chi connectivity index (χ3v) is 6.25. The van der Waals surface area contributed by atoms with Crippen LogP contribution in [0, 0.1) is 23.3 Å². The van der Waals surface area contributed by atoms with E-state index < -0.39 is 71.5 Å². The summed E-state index contributed by atoms with van der Waals surface area (Å²) in [5.74, 6) is -11.6. The topological polar surface area (TPSA) is 90.9 Å². The minimum Gasteiger partial charge on any atom is -0.460 e. The molecule has 4 rings (SSSR count). The molecule has 0 unspecified atom stereocenters. The summed E-state index contributed by atoms with van der Waals surface area (Å²) in [7, 11) is 0. The van der Waals surface area contributed by atoms with Gasteiger partial charge in [-0.05, 0) is 49.4 Å². The molecule has 3 aromatic rings. The van der Waals surface area contributed by atoms with Gasteiger partial charge in [0.2, 0.25) is 17.4 Å². The maximum absolute atomic E-state index is 14.1. The first-order valence-corrected chi connectivity index (χ1v) is 12.7. The number of carbonyl (C=O) groups is 3. The van der Waals surface area contributed by atoms with E-state index in [9.17, 15) is 31.9 Å². The van der Waals surface area contributed by atoms with Crippen LogP contribution in [0.15, 0.2) is 54.6 Å². The zero-order valence-electron chi connectivity index (χ0n) is 22.4. The second-order valence-corrected chi connectivity index (χ2v) is 10.4. The van der Waals surface area contributed by atoms with E-state index in [0.717, 1.165) is 22.3 Å². The number of ether oxygens (including phenoxy) is 3. The van der Waals surface area contributed by atoms with Gasteiger partial charge in [0.05, 0.1) is 0 Å². The number of carbonyl (C=O) groups excluding carboxylic acids is 3. The summed E-state index contributed by atoms with van der Waals surface area (Å²) in [6.45, 7) is 4.74. The van der Waals surface area contributed by atoms with Crippen molar-refractivity contribution in [2.24, 2.45) is 0 Å². The van der Waals surface area contributed by atoms with Crippen LogP contribution in [0.2, 0.25) is 0 Å². The Labute approximate surface area is 233 Å². The van der Waals surface area contributed by atoms with Crippen LogP contribution in [0.5, 0.6) is 5.75 Å². The molecule has 11 heteroatoms. The molecule has 0 saturated carbocycles. The van der Waals surface area contributed by atoms with Gasteiger partial charge < -0.3 is 19.5 Å². The van der Waals surface area contributed by atoms with Gasteiger partial charge in [0.1, 0.15) is 18.2 Å². The lowest BCUT2D eigenvalue weighted by atomic mass is 9.98. The molecule has 216 valence electrons. The Balaban J connectivity index is 1.49. The second-order valence-electron chi connectivity index (χ2n) is 10.4. The Bertz CT molecular complexity index is 1410. The highest BCUT2D eigenvalue weighted by molar-refractivity contribution is 5.84. The van der Waals surface area contributed by atoms with Crippen molar-refractivity contribution in [1.29, 1.82) is 0 Å². The highest BCUT2D eigenvalue weighted by Crippen LogP contribution is 2.44. The lowest BCUT2D eigenvalue weighted by molar-refractivity contribution is -0.155. The van der Waals surface area contributed by atoms with Crippen LogP contribution in [-0.4, -0.2) is 36.3 Å². The van der Waals surface area contributed by atoms with Crippen molar-refractivity contribution < 1.29 is 46.2 Å². The molecule has 0 radical (unpaired) electrons. The number of fused-ring (bicyclic) bond motifs is 3. The van der Waals surface area contributed by atoms with Gasteiger partial charge in [-0.1, -0.05) is 48.5 Å². The molecule has 0 saturated heterocycles.